The monoisotopic (exact) mass is 128 g/mol. The summed E-state index contributed by atoms with van der Waals surface area (Å²) in [6.45, 7) is 4.25. The van der Waals surface area contributed by atoms with E-state index in [2.05, 4.69) is 13.8 Å². The average molecular weight is 128 g/mol. The van der Waals surface area contributed by atoms with E-state index in [0.29, 0.717) is 12.0 Å². The van der Waals surface area contributed by atoms with E-state index >= 15 is 0 Å². The molecule has 0 amide bonds. The summed E-state index contributed by atoms with van der Waals surface area (Å²) in [5.41, 5.74) is 11.7. The maximum Gasteiger partial charge on any atom is 0.0143 e. The average Bonchev–Trinajstić information content (AvgIpc) is 1.79. The second-order valence-corrected chi connectivity index (χ2v) is 3.70. The first-order valence-electron chi connectivity index (χ1n) is 3.56. The molecule has 1 saturated carbocycles. The van der Waals surface area contributed by atoms with Crippen LogP contribution in [-0.4, -0.2) is 11.6 Å². The normalized spacial score (nSPS) is 52.0. The Morgan fingerprint density at radius 2 is 2.00 bits per heavy atom. The molecule has 4 N–H and O–H groups in total. The minimum atomic E-state index is 0.0127. The van der Waals surface area contributed by atoms with Crippen LogP contribution in [0.15, 0.2) is 0 Å². The van der Waals surface area contributed by atoms with Crippen molar-refractivity contribution in [2.75, 3.05) is 0 Å². The van der Waals surface area contributed by atoms with Gasteiger partial charge in [0.1, 0.15) is 0 Å². The molecule has 0 aromatic heterocycles. The third kappa shape index (κ3) is 1.43. The van der Waals surface area contributed by atoms with Crippen molar-refractivity contribution in [3.05, 3.63) is 0 Å². The van der Waals surface area contributed by atoms with E-state index < -0.39 is 0 Å². The summed E-state index contributed by atoms with van der Waals surface area (Å²) in [6.07, 6.45) is 2.06. The molecule has 0 spiro atoms. The Kier molecular flexibility index (Phi) is 1.53. The van der Waals surface area contributed by atoms with Gasteiger partial charge < -0.3 is 11.5 Å². The predicted octanol–water partition coefficient (Wildman–Crippen LogP) is 0.461. The van der Waals surface area contributed by atoms with E-state index in [0.717, 1.165) is 12.8 Å². The number of hydrogen-bond donors (Lipinski definition) is 2. The van der Waals surface area contributed by atoms with Gasteiger partial charge >= 0.3 is 0 Å². The van der Waals surface area contributed by atoms with Gasteiger partial charge in [-0.1, -0.05) is 6.92 Å². The lowest BCUT2D eigenvalue weighted by atomic mass is 10.0. The SMILES string of the molecule is C[C@@H]1C[C@](C)(N)C[C@H]1N. The standard InChI is InChI=1S/C7H16N2/c1-5-3-7(2,9)4-6(5)8/h5-6H,3-4,8-9H2,1-2H3/t5-,6-,7+/m1/s1. The second-order valence-electron chi connectivity index (χ2n) is 3.70. The number of nitrogens with two attached hydrogens (primary N) is 2. The maximum absolute atomic E-state index is 5.88. The molecule has 9 heavy (non-hydrogen) atoms. The molecule has 2 heteroatoms. The van der Waals surface area contributed by atoms with Crippen LogP contribution in [-0.2, 0) is 0 Å². The molecule has 1 fully saturated rings. The molecule has 2 nitrogen and oxygen atoms in total. The van der Waals surface area contributed by atoms with E-state index in [1.54, 1.807) is 0 Å². The van der Waals surface area contributed by atoms with Crippen LogP contribution in [0.25, 0.3) is 0 Å². The first-order valence-corrected chi connectivity index (χ1v) is 3.56. The Morgan fingerprint density at radius 1 is 1.44 bits per heavy atom. The number of hydrogen-bond acceptors (Lipinski definition) is 2. The van der Waals surface area contributed by atoms with Crippen LogP contribution >= 0.6 is 0 Å². The first kappa shape index (κ1) is 7.03. The molecule has 3 atom stereocenters. The molecule has 1 rings (SSSR count). The molecule has 0 unspecified atom stereocenters. The van der Waals surface area contributed by atoms with Crippen molar-refractivity contribution in [3.63, 3.8) is 0 Å². The van der Waals surface area contributed by atoms with Crippen LogP contribution in [0.2, 0.25) is 0 Å². The molecule has 0 aliphatic heterocycles. The minimum absolute atomic E-state index is 0.0127. The van der Waals surface area contributed by atoms with Crippen molar-refractivity contribution in [3.8, 4) is 0 Å². The van der Waals surface area contributed by atoms with Crippen LogP contribution in [0.3, 0.4) is 0 Å². The van der Waals surface area contributed by atoms with Crippen LogP contribution in [0.1, 0.15) is 26.7 Å². The summed E-state index contributed by atoms with van der Waals surface area (Å²) < 4.78 is 0. The zero-order valence-corrected chi connectivity index (χ0v) is 6.22. The van der Waals surface area contributed by atoms with Crippen LogP contribution < -0.4 is 11.5 Å². The summed E-state index contributed by atoms with van der Waals surface area (Å²) >= 11 is 0. The molecule has 0 aromatic carbocycles. The topological polar surface area (TPSA) is 52.0 Å². The highest BCUT2D eigenvalue weighted by Crippen LogP contribution is 2.30. The molecule has 0 aromatic rings. The molecule has 54 valence electrons. The highest BCUT2D eigenvalue weighted by molar-refractivity contribution is 4.95. The van der Waals surface area contributed by atoms with Crippen LogP contribution in [0, 0.1) is 5.92 Å². The van der Waals surface area contributed by atoms with Gasteiger partial charge in [0.25, 0.3) is 0 Å². The van der Waals surface area contributed by atoms with E-state index in [9.17, 15) is 0 Å². The fourth-order valence-corrected chi connectivity index (χ4v) is 1.71. The molecular weight excluding hydrogens is 112 g/mol. The lowest BCUT2D eigenvalue weighted by Gasteiger charge is -2.15. The van der Waals surface area contributed by atoms with Gasteiger partial charge in [0.15, 0.2) is 0 Å². The third-order valence-electron chi connectivity index (χ3n) is 2.22. The highest BCUT2D eigenvalue weighted by atomic mass is 14.8. The second kappa shape index (κ2) is 1.96. The third-order valence-corrected chi connectivity index (χ3v) is 2.22. The summed E-state index contributed by atoms with van der Waals surface area (Å²) in [5, 5.41) is 0. The molecule has 1 aliphatic carbocycles. The highest BCUT2D eigenvalue weighted by Gasteiger charge is 2.34. The zero-order chi connectivity index (χ0) is 7.07. The Hall–Kier alpha value is -0.0800. The van der Waals surface area contributed by atoms with Gasteiger partial charge in [-0.2, -0.15) is 0 Å². The van der Waals surface area contributed by atoms with Crippen LogP contribution in [0.5, 0.6) is 0 Å². The Labute approximate surface area is 56.6 Å². The van der Waals surface area contributed by atoms with Crippen molar-refractivity contribution >= 4 is 0 Å². The summed E-state index contributed by atoms with van der Waals surface area (Å²) in [7, 11) is 0. The Balaban J connectivity index is 2.54. The summed E-state index contributed by atoms with van der Waals surface area (Å²) in [6, 6.07) is 0.333. The molecular formula is C7H16N2. The lowest BCUT2D eigenvalue weighted by molar-refractivity contribution is 0.464. The first-order chi connectivity index (χ1) is 4.01. The molecule has 0 radical (unpaired) electrons. The van der Waals surface area contributed by atoms with Gasteiger partial charge in [-0.25, -0.2) is 0 Å². The van der Waals surface area contributed by atoms with Gasteiger partial charge in [-0.3, -0.25) is 0 Å². The molecule has 1 aliphatic rings. The van der Waals surface area contributed by atoms with Gasteiger partial charge in [-0.15, -0.1) is 0 Å². The maximum atomic E-state index is 5.88. The molecule has 0 heterocycles. The van der Waals surface area contributed by atoms with Crippen LogP contribution in [0.4, 0.5) is 0 Å². The number of rotatable bonds is 0. The molecule has 0 saturated heterocycles. The fraction of sp³-hybridized carbons (Fsp3) is 1.00. The lowest BCUT2D eigenvalue weighted by Crippen LogP contribution is -2.34. The summed E-state index contributed by atoms with van der Waals surface area (Å²) in [5.74, 6) is 0.611. The van der Waals surface area contributed by atoms with E-state index in [1.807, 2.05) is 0 Å². The van der Waals surface area contributed by atoms with E-state index in [-0.39, 0.29) is 5.54 Å². The largest absolute Gasteiger partial charge is 0.327 e. The van der Waals surface area contributed by atoms with Crippen molar-refractivity contribution in [2.24, 2.45) is 17.4 Å². The molecule has 0 bridgehead atoms. The predicted molar refractivity (Wildman–Crippen MR) is 39.0 cm³/mol. The zero-order valence-electron chi connectivity index (χ0n) is 6.22. The minimum Gasteiger partial charge on any atom is -0.327 e. The van der Waals surface area contributed by atoms with Gasteiger partial charge in [0, 0.05) is 11.6 Å². The fourth-order valence-electron chi connectivity index (χ4n) is 1.71. The van der Waals surface area contributed by atoms with Gasteiger partial charge in [-0.05, 0) is 25.7 Å². The van der Waals surface area contributed by atoms with Gasteiger partial charge in [0.05, 0.1) is 0 Å². The van der Waals surface area contributed by atoms with Crippen molar-refractivity contribution in [1.82, 2.24) is 0 Å². The van der Waals surface area contributed by atoms with Crippen molar-refractivity contribution in [2.45, 2.75) is 38.3 Å². The van der Waals surface area contributed by atoms with Gasteiger partial charge in [0.2, 0.25) is 0 Å². The quantitative estimate of drug-likeness (QED) is 0.498. The van der Waals surface area contributed by atoms with Crippen molar-refractivity contribution in [1.29, 1.82) is 0 Å². The smallest absolute Gasteiger partial charge is 0.0143 e. The summed E-state index contributed by atoms with van der Waals surface area (Å²) in [4.78, 5) is 0. The van der Waals surface area contributed by atoms with E-state index in [4.69, 9.17) is 11.5 Å². The Morgan fingerprint density at radius 3 is 2.11 bits per heavy atom. The Bertz CT molecular complexity index is 97.5. The van der Waals surface area contributed by atoms with Crippen molar-refractivity contribution < 1.29 is 0 Å². The van der Waals surface area contributed by atoms with E-state index in [1.165, 1.54) is 0 Å².